The van der Waals surface area contributed by atoms with Crippen LogP contribution in [-0.2, 0) is 21.3 Å². The van der Waals surface area contributed by atoms with Gasteiger partial charge in [-0.1, -0.05) is 6.07 Å². The predicted octanol–water partition coefficient (Wildman–Crippen LogP) is 0.675. The van der Waals surface area contributed by atoms with Crippen molar-refractivity contribution in [3.8, 4) is 0 Å². The Morgan fingerprint density at radius 1 is 1.56 bits per heavy atom. The van der Waals surface area contributed by atoms with Crippen LogP contribution in [0.5, 0.6) is 0 Å². The van der Waals surface area contributed by atoms with Crippen LogP contribution >= 0.6 is 0 Å². The van der Waals surface area contributed by atoms with Crippen LogP contribution in [0.1, 0.15) is 16.2 Å². The summed E-state index contributed by atoms with van der Waals surface area (Å²) >= 11 is 0. The lowest BCUT2D eigenvalue weighted by atomic mass is 10.3. The summed E-state index contributed by atoms with van der Waals surface area (Å²) < 4.78 is 16.3. The van der Waals surface area contributed by atoms with Crippen LogP contribution in [0, 0.1) is 0 Å². The third-order valence-corrected chi connectivity index (χ3v) is 3.09. The van der Waals surface area contributed by atoms with Crippen LogP contribution in [0.3, 0.4) is 0 Å². The molecule has 6 heteroatoms. The maximum atomic E-state index is 11.5. The summed E-state index contributed by atoms with van der Waals surface area (Å²) in [7, 11) is 0.469. The molecule has 1 atom stereocenters. The first-order chi connectivity index (χ1) is 7.63. The summed E-state index contributed by atoms with van der Waals surface area (Å²) in [5.74, 6) is -0.399. The van der Waals surface area contributed by atoms with E-state index in [2.05, 4.69) is 4.98 Å². The van der Waals surface area contributed by atoms with E-state index in [1.54, 1.807) is 19.2 Å². The predicted molar refractivity (Wildman–Crippen MR) is 59.8 cm³/mol. The summed E-state index contributed by atoms with van der Waals surface area (Å²) in [6.07, 6.45) is 0. The van der Waals surface area contributed by atoms with Crippen molar-refractivity contribution in [2.24, 2.45) is 0 Å². The van der Waals surface area contributed by atoms with Crippen LogP contribution in [0.15, 0.2) is 18.2 Å². The van der Waals surface area contributed by atoms with E-state index in [-0.39, 0.29) is 11.4 Å². The molecule has 16 heavy (non-hydrogen) atoms. The van der Waals surface area contributed by atoms with Crippen molar-refractivity contribution in [3.63, 3.8) is 0 Å². The number of aromatic carboxylic acids is 1. The minimum atomic E-state index is -1.08. The normalized spacial score (nSPS) is 12.3. The molecule has 0 fully saturated rings. The highest BCUT2D eigenvalue weighted by atomic mass is 32.2. The van der Waals surface area contributed by atoms with E-state index in [1.165, 1.54) is 6.07 Å². The number of carboxylic acids is 1. The van der Waals surface area contributed by atoms with E-state index in [4.69, 9.17) is 9.84 Å². The summed E-state index contributed by atoms with van der Waals surface area (Å²) in [5, 5.41) is 8.73. The van der Waals surface area contributed by atoms with Gasteiger partial charge in [-0.05, 0) is 12.1 Å². The Balaban J connectivity index is 2.63. The van der Waals surface area contributed by atoms with Crippen LogP contribution in [0.2, 0.25) is 0 Å². The SMILES string of the molecule is COCCS(=O)Cc1cccc(C(=O)O)n1. The van der Waals surface area contributed by atoms with Gasteiger partial charge in [0.25, 0.3) is 0 Å². The van der Waals surface area contributed by atoms with E-state index in [1.807, 2.05) is 0 Å². The van der Waals surface area contributed by atoms with Crippen molar-refractivity contribution in [1.29, 1.82) is 0 Å². The zero-order chi connectivity index (χ0) is 12.0. The van der Waals surface area contributed by atoms with Crippen molar-refractivity contribution in [2.45, 2.75) is 5.75 Å². The molecule has 1 unspecified atom stereocenters. The van der Waals surface area contributed by atoms with Gasteiger partial charge in [-0.2, -0.15) is 0 Å². The number of methoxy groups -OCH3 is 1. The Bertz CT molecular complexity index is 394. The van der Waals surface area contributed by atoms with Crippen LogP contribution in [0.4, 0.5) is 0 Å². The molecule has 0 aliphatic rings. The molecule has 1 heterocycles. The molecule has 88 valence electrons. The third-order valence-electron chi connectivity index (χ3n) is 1.85. The molecule has 0 amide bonds. The minimum absolute atomic E-state index is 0.0266. The monoisotopic (exact) mass is 243 g/mol. The van der Waals surface area contributed by atoms with Crippen LogP contribution < -0.4 is 0 Å². The molecule has 0 saturated heterocycles. The standard InChI is InChI=1S/C10H13NO4S/c1-15-5-6-16(14)7-8-3-2-4-9(11-8)10(12)13/h2-4H,5-7H2,1H3,(H,12,13). The van der Waals surface area contributed by atoms with Gasteiger partial charge in [-0.3, -0.25) is 4.21 Å². The lowest BCUT2D eigenvalue weighted by Gasteiger charge is -2.02. The second-order valence-corrected chi connectivity index (χ2v) is 4.68. The maximum absolute atomic E-state index is 11.5. The lowest BCUT2D eigenvalue weighted by molar-refractivity contribution is 0.0690. The van der Waals surface area contributed by atoms with Crippen molar-refractivity contribution in [2.75, 3.05) is 19.5 Å². The van der Waals surface area contributed by atoms with E-state index in [0.717, 1.165) is 0 Å². The highest BCUT2D eigenvalue weighted by Crippen LogP contribution is 2.03. The average molecular weight is 243 g/mol. The zero-order valence-corrected chi connectivity index (χ0v) is 9.70. The fraction of sp³-hybridized carbons (Fsp3) is 0.400. The molecular formula is C10H13NO4S. The molecule has 1 aromatic heterocycles. The van der Waals surface area contributed by atoms with Gasteiger partial charge in [0, 0.05) is 23.7 Å². The largest absolute Gasteiger partial charge is 0.477 e. The summed E-state index contributed by atoms with van der Waals surface area (Å²) in [4.78, 5) is 14.5. The van der Waals surface area contributed by atoms with Crippen LogP contribution in [0.25, 0.3) is 0 Å². The van der Waals surface area contributed by atoms with Gasteiger partial charge in [0.1, 0.15) is 5.69 Å². The Morgan fingerprint density at radius 2 is 2.31 bits per heavy atom. The number of hydrogen-bond donors (Lipinski definition) is 1. The second kappa shape index (κ2) is 6.34. The first-order valence-electron chi connectivity index (χ1n) is 4.66. The quantitative estimate of drug-likeness (QED) is 0.794. The first kappa shape index (κ1) is 12.8. The first-order valence-corrected chi connectivity index (χ1v) is 6.15. The molecule has 0 aromatic carbocycles. The van der Waals surface area contributed by atoms with Crippen LogP contribution in [-0.4, -0.2) is 39.7 Å². The summed E-state index contributed by atoms with van der Waals surface area (Å²) in [5.41, 5.74) is 0.496. The van der Waals surface area contributed by atoms with E-state index >= 15 is 0 Å². The zero-order valence-electron chi connectivity index (χ0n) is 8.88. The number of carboxylic acid groups (broad SMARTS) is 1. The Hall–Kier alpha value is -1.27. The Morgan fingerprint density at radius 3 is 2.94 bits per heavy atom. The lowest BCUT2D eigenvalue weighted by Crippen LogP contribution is -2.09. The molecule has 1 aromatic rings. The summed E-state index contributed by atoms with van der Waals surface area (Å²) in [6, 6.07) is 4.67. The number of carbonyl (C=O) groups is 1. The molecule has 0 saturated carbocycles. The van der Waals surface area contributed by atoms with Gasteiger partial charge >= 0.3 is 5.97 Å². The fourth-order valence-corrected chi connectivity index (χ4v) is 2.08. The molecule has 5 nitrogen and oxygen atoms in total. The average Bonchev–Trinajstić information content (AvgIpc) is 2.26. The number of ether oxygens (including phenoxy) is 1. The number of rotatable bonds is 6. The molecule has 1 rings (SSSR count). The number of nitrogens with zero attached hydrogens (tertiary/aromatic N) is 1. The van der Waals surface area contributed by atoms with E-state index in [0.29, 0.717) is 18.1 Å². The molecule has 0 aliphatic heterocycles. The number of hydrogen-bond acceptors (Lipinski definition) is 4. The molecule has 0 radical (unpaired) electrons. The highest BCUT2D eigenvalue weighted by Gasteiger charge is 2.07. The Labute approximate surface area is 95.9 Å². The smallest absolute Gasteiger partial charge is 0.354 e. The Kier molecular flexibility index (Phi) is 5.07. The second-order valence-electron chi connectivity index (χ2n) is 3.10. The van der Waals surface area contributed by atoms with Gasteiger partial charge in [0.15, 0.2) is 0 Å². The number of pyridine rings is 1. The topological polar surface area (TPSA) is 76.5 Å². The fourth-order valence-electron chi connectivity index (χ4n) is 1.09. The van der Waals surface area contributed by atoms with Gasteiger partial charge in [0.2, 0.25) is 0 Å². The van der Waals surface area contributed by atoms with Crippen molar-refractivity contribution >= 4 is 16.8 Å². The maximum Gasteiger partial charge on any atom is 0.354 e. The molecule has 0 aliphatic carbocycles. The van der Waals surface area contributed by atoms with Crippen molar-refractivity contribution < 1.29 is 18.8 Å². The molecule has 1 N–H and O–H groups in total. The summed E-state index contributed by atoms with van der Waals surface area (Å²) in [6.45, 7) is 0.422. The van der Waals surface area contributed by atoms with Gasteiger partial charge < -0.3 is 9.84 Å². The van der Waals surface area contributed by atoms with Gasteiger partial charge in [0.05, 0.1) is 18.1 Å². The number of aromatic nitrogens is 1. The van der Waals surface area contributed by atoms with E-state index < -0.39 is 16.8 Å². The van der Waals surface area contributed by atoms with E-state index in [9.17, 15) is 9.00 Å². The van der Waals surface area contributed by atoms with Crippen molar-refractivity contribution in [1.82, 2.24) is 4.98 Å². The molecular weight excluding hydrogens is 230 g/mol. The molecule has 0 spiro atoms. The minimum Gasteiger partial charge on any atom is -0.477 e. The van der Waals surface area contributed by atoms with Gasteiger partial charge in [-0.15, -0.1) is 0 Å². The highest BCUT2D eigenvalue weighted by molar-refractivity contribution is 7.84. The van der Waals surface area contributed by atoms with Gasteiger partial charge in [-0.25, -0.2) is 9.78 Å². The third kappa shape index (κ3) is 4.08. The van der Waals surface area contributed by atoms with Crippen molar-refractivity contribution in [3.05, 3.63) is 29.6 Å². The molecule has 0 bridgehead atoms.